The standard InChI is InChI=1S/C33H30BrN5O4.ClH/c1-20(36-2)31(40)37-27-19-39(32(41)22-13-11-21(17-35)12-14-22)29-10-5-4-9-28(29)38(33(27)42)18-25-23-7-6-8-26(34)24(23)15-16-30(25)43-3;/h4-16,20,27,36H,18-19H2,1-3H3,(H,37,40);1H. The van der Waals surface area contributed by atoms with Gasteiger partial charge in [0, 0.05) is 15.6 Å². The lowest BCUT2D eigenvalue weighted by molar-refractivity contribution is -0.128. The van der Waals surface area contributed by atoms with Crippen molar-refractivity contribution in [3.05, 3.63) is 100 Å². The number of nitrogens with one attached hydrogen (secondary N) is 2. The molecule has 2 N–H and O–H groups in total. The second-order valence-corrected chi connectivity index (χ2v) is 11.0. The van der Waals surface area contributed by atoms with Crippen molar-refractivity contribution < 1.29 is 19.1 Å². The van der Waals surface area contributed by atoms with Gasteiger partial charge in [-0.2, -0.15) is 5.26 Å². The number of hydrogen-bond acceptors (Lipinski definition) is 6. The van der Waals surface area contributed by atoms with Gasteiger partial charge in [-0.15, -0.1) is 12.4 Å². The quantitative estimate of drug-likeness (QED) is 0.279. The molecule has 0 radical (unpaired) electrons. The van der Waals surface area contributed by atoms with Crippen molar-refractivity contribution in [2.75, 3.05) is 30.5 Å². The zero-order chi connectivity index (χ0) is 30.7. The van der Waals surface area contributed by atoms with Gasteiger partial charge >= 0.3 is 0 Å². The summed E-state index contributed by atoms with van der Waals surface area (Å²) in [7, 11) is 3.24. The molecular weight excluding hydrogens is 646 g/mol. The largest absolute Gasteiger partial charge is 0.496 e. The molecule has 0 bridgehead atoms. The molecule has 4 aromatic carbocycles. The van der Waals surface area contributed by atoms with E-state index in [1.807, 2.05) is 36.4 Å². The predicted molar refractivity (Wildman–Crippen MR) is 176 cm³/mol. The summed E-state index contributed by atoms with van der Waals surface area (Å²) < 4.78 is 6.65. The molecule has 0 aromatic heterocycles. The van der Waals surface area contributed by atoms with Crippen LogP contribution in [0.3, 0.4) is 0 Å². The van der Waals surface area contributed by atoms with Crippen molar-refractivity contribution in [3.8, 4) is 11.8 Å². The van der Waals surface area contributed by atoms with Crippen LogP contribution in [0, 0.1) is 11.3 Å². The number of ether oxygens (including phenoxy) is 1. The zero-order valence-electron chi connectivity index (χ0n) is 24.3. The minimum absolute atomic E-state index is 0. The number of amides is 3. The molecule has 5 rings (SSSR count). The Kier molecular flexibility index (Phi) is 10.3. The normalized spacial score (nSPS) is 15.0. The molecule has 226 valence electrons. The second kappa shape index (κ2) is 13.9. The molecule has 3 amide bonds. The van der Waals surface area contributed by atoms with Crippen molar-refractivity contribution in [1.82, 2.24) is 10.6 Å². The van der Waals surface area contributed by atoms with E-state index in [2.05, 4.69) is 32.6 Å². The molecule has 2 atom stereocenters. The van der Waals surface area contributed by atoms with Crippen LogP contribution >= 0.6 is 28.3 Å². The topological polar surface area (TPSA) is 115 Å². The van der Waals surface area contributed by atoms with E-state index in [1.54, 1.807) is 68.4 Å². The number of para-hydroxylation sites is 2. The monoisotopic (exact) mass is 675 g/mol. The summed E-state index contributed by atoms with van der Waals surface area (Å²) in [4.78, 5) is 44.6. The van der Waals surface area contributed by atoms with Crippen LogP contribution in [0.2, 0.25) is 0 Å². The van der Waals surface area contributed by atoms with Crippen LogP contribution in [0.1, 0.15) is 28.4 Å². The number of hydrogen-bond donors (Lipinski definition) is 2. The molecule has 1 aliphatic heterocycles. The Hall–Kier alpha value is -4.43. The van der Waals surface area contributed by atoms with Gasteiger partial charge in [-0.05, 0) is 79.3 Å². The third-order valence-corrected chi connectivity index (χ3v) is 8.35. The number of anilines is 2. The van der Waals surface area contributed by atoms with E-state index in [4.69, 9.17) is 4.74 Å². The fraction of sp³-hybridized carbons (Fsp3) is 0.212. The third-order valence-electron chi connectivity index (χ3n) is 7.65. The molecule has 1 aliphatic rings. The van der Waals surface area contributed by atoms with Gasteiger partial charge in [0.15, 0.2) is 0 Å². The summed E-state index contributed by atoms with van der Waals surface area (Å²) in [5.74, 6) is -0.494. The van der Waals surface area contributed by atoms with Crippen LogP contribution in [-0.2, 0) is 16.1 Å². The first-order valence-electron chi connectivity index (χ1n) is 13.7. The third kappa shape index (κ3) is 6.26. The molecular formula is C33H31BrClN5O4. The average Bonchev–Trinajstić information content (AvgIpc) is 3.15. The van der Waals surface area contributed by atoms with Gasteiger partial charge in [0.1, 0.15) is 11.8 Å². The molecule has 0 saturated carbocycles. The van der Waals surface area contributed by atoms with Gasteiger partial charge in [0.05, 0.1) is 49.2 Å². The molecule has 0 aliphatic carbocycles. The Balaban J connectivity index is 0.00000442. The molecule has 0 fully saturated rings. The zero-order valence-corrected chi connectivity index (χ0v) is 26.7. The molecule has 0 saturated heterocycles. The van der Waals surface area contributed by atoms with Crippen LogP contribution in [-0.4, -0.2) is 50.5 Å². The van der Waals surface area contributed by atoms with E-state index in [0.717, 1.165) is 20.8 Å². The SMILES string of the molecule is CNC(C)C(=O)NC1CN(C(=O)c2ccc(C#N)cc2)c2ccccc2N(Cc2c(OC)ccc3c(Br)cccc23)C1=O.Cl. The highest BCUT2D eigenvalue weighted by molar-refractivity contribution is 9.10. The first-order chi connectivity index (χ1) is 20.8. The minimum atomic E-state index is -1.05. The summed E-state index contributed by atoms with van der Waals surface area (Å²) in [6.45, 7) is 1.73. The Morgan fingerprint density at radius 3 is 2.39 bits per heavy atom. The van der Waals surface area contributed by atoms with E-state index in [0.29, 0.717) is 28.3 Å². The van der Waals surface area contributed by atoms with Crippen LogP contribution < -0.4 is 25.2 Å². The van der Waals surface area contributed by atoms with Crippen molar-refractivity contribution in [2.45, 2.75) is 25.6 Å². The van der Waals surface area contributed by atoms with E-state index in [1.165, 1.54) is 4.90 Å². The number of benzene rings is 4. The minimum Gasteiger partial charge on any atom is -0.496 e. The van der Waals surface area contributed by atoms with Crippen molar-refractivity contribution in [2.24, 2.45) is 0 Å². The number of carbonyl (C=O) groups is 3. The molecule has 11 heteroatoms. The van der Waals surface area contributed by atoms with Gasteiger partial charge in [-0.3, -0.25) is 14.4 Å². The fourth-order valence-corrected chi connectivity index (χ4v) is 5.69. The second-order valence-electron chi connectivity index (χ2n) is 10.2. The van der Waals surface area contributed by atoms with E-state index in [9.17, 15) is 19.6 Å². The van der Waals surface area contributed by atoms with E-state index in [-0.39, 0.29) is 43.2 Å². The van der Waals surface area contributed by atoms with Crippen molar-refractivity contribution >= 4 is 68.2 Å². The molecule has 4 aromatic rings. The van der Waals surface area contributed by atoms with E-state index >= 15 is 0 Å². The highest BCUT2D eigenvalue weighted by atomic mass is 79.9. The van der Waals surface area contributed by atoms with Gasteiger partial charge < -0.3 is 25.2 Å². The molecule has 0 spiro atoms. The lowest BCUT2D eigenvalue weighted by Gasteiger charge is -2.27. The first kappa shape index (κ1) is 32.5. The number of nitrogens with zero attached hydrogens (tertiary/aromatic N) is 3. The molecule has 2 unspecified atom stereocenters. The Bertz CT molecular complexity index is 1760. The van der Waals surface area contributed by atoms with Gasteiger partial charge in [0.2, 0.25) is 5.91 Å². The molecule has 44 heavy (non-hydrogen) atoms. The summed E-state index contributed by atoms with van der Waals surface area (Å²) in [6, 6.07) is 23.6. The fourth-order valence-electron chi connectivity index (χ4n) is 5.19. The molecule has 9 nitrogen and oxygen atoms in total. The maximum absolute atomic E-state index is 14.4. The number of rotatable bonds is 7. The maximum Gasteiger partial charge on any atom is 0.258 e. The number of methoxy groups -OCH3 is 1. The number of carbonyl (C=O) groups excluding carboxylic acids is 3. The van der Waals surface area contributed by atoms with Gasteiger partial charge in [-0.25, -0.2) is 0 Å². The smallest absolute Gasteiger partial charge is 0.258 e. The predicted octanol–water partition coefficient (Wildman–Crippen LogP) is 5.19. The number of halogens is 2. The summed E-state index contributed by atoms with van der Waals surface area (Å²) >= 11 is 3.63. The van der Waals surface area contributed by atoms with Crippen LogP contribution in [0.4, 0.5) is 11.4 Å². The highest BCUT2D eigenvalue weighted by Crippen LogP contribution is 2.38. The lowest BCUT2D eigenvalue weighted by atomic mass is 10.0. The van der Waals surface area contributed by atoms with E-state index < -0.39 is 12.1 Å². The van der Waals surface area contributed by atoms with Crippen LogP contribution in [0.25, 0.3) is 10.8 Å². The number of nitriles is 1. The van der Waals surface area contributed by atoms with Crippen LogP contribution in [0.15, 0.2) is 83.3 Å². The maximum atomic E-state index is 14.4. The average molecular weight is 677 g/mol. The number of likely N-dealkylation sites (N-methyl/N-ethyl adjacent to an activating group) is 1. The van der Waals surface area contributed by atoms with Gasteiger partial charge in [-0.1, -0.05) is 40.2 Å². The lowest BCUT2D eigenvalue weighted by Crippen LogP contribution is -2.55. The van der Waals surface area contributed by atoms with Crippen molar-refractivity contribution in [1.29, 1.82) is 5.26 Å². The van der Waals surface area contributed by atoms with Crippen LogP contribution in [0.5, 0.6) is 5.75 Å². The Morgan fingerprint density at radius 2 is 1.73 bits per heavy atom. The Labute approximate surface area is 270 Å². The molecule has 1 heterocycles. The summed E-state index contributed by atoms with van der Waals surface area (Å²) in [5, 5.41) is 16.8. The Morgan fingerprint density at radius 1 is 1.02 bits per heavy atom. The first-order valence-corrected chi connectivity index (χ1v) is 14.5. The van der Waals surface area contributed by atoms with Gasteiger partial charge in [0.25, 0.3) is 11.8 Å². The highest BCUT2D eigenvalue weighted by Gasteiger charge is 2.38. The van der Waals surface area contributed by atoms with Crippen molar-refractivity contribution in [3.63, 3.8) is 0 Å². The summed E-state index contributed by atoms with van der Waals surface area (Å²) in [5.41, 5.74) is 2.59. The summed E-state index contributed by atoms with van der Waals surface area (Å²) in [6.07, 6.45) is 0. The number of fused-ring (bicyclic) bond motifs is 2.